The minimum Gasteiger partial charge on any atom is -0.479 e. The van der Waals surface area contributed by atoms with Crippen LogP contribution < -0.4 is 5.32 Å². The summed E-state index contributed by atoms with van der Waals surface area (Å²) in [5.41, 5.74) is 0.315. The normalized spacial score (nSPS) is 13.7. The van der Waals surface area contributed by atoms with Crippen molar-refractivity contribution in [1.82, 2.24) is 5.32 Å². The van der Waals surface area contributed by atoms with Gasteiger partial charge in [-0.3, -0.25) is 0 Å². The zero-order chi connectivity index (χ0) is 19.6. The first-order chi connectivity index (χ1) is 12.2. The largest absolute Gasteiger partial charge is 0.479 e. The Morgan fingerprint density at radius 2 is 1.85 bits per heavy atom. The van der Waals surface area contributed by atoms with Gasteiger partial charge in [0.2, 0.25) is 0 Å². The van der Waals surface area contributed by atoms with Gasteiger partial charge < -0.3 is 19.9 Å². The molecule has 146 valence electrons. The summed E-state index contributed by atoms with van der Waals surface area (Å²) in [6, 6.07) is 9.37. The van der Waals surface area contributed by atoms with E-state index in [1.54, 1.807) is 20.8 Å². The fraction of sp³-hybridized carbons (Fsp3) is 0.600. The number of hydrogen-bond donors (Lipinski definition) is 2. The molecule has 1 rings (SSSR count). The van der Waals surface area contributed by atoms with E-state index in [1.807, 2.05) is 30.3 Å². The summed E-state index contributed by atoms with van der Waals surface area (Å²) in [5.74, 6) is -1.01. The molecule has 0 bridgehead atoms. The number of rotatable bonds is 10. The molecule has 26 heavy (non-hydrogen) atoms. The van der Waals surface area contributed by atoms with E-state index >= 15 is 0 Å². The molecule has 1 aromatic carbocycles. The molecular formula is C20H31NO5. The molecule has 1 unspecified atom stereocenters. The van der Waals surface area contributed by atoms with E-state index in [-0.39, 0.29) is 19.1 Å². The Morgan fingerprint density at radius 1 is 1.19 bits per heavy atom. The predicted octanol–water partition coefficient (Wildman–Crippen LogP) is 3.78. The molecule has 1 aromatic rings. The van der Waals surface area contributed by atoms with Crippen LogP contribution >= 0.6 is 0 Å². The van der Waals surface area contributed by atoms with Crippen LogP contribution in [0, 0.1) is 0 Å². The average molecular weight is 365 g/mol. The van der Waals surface area contributed by atoms with Gasteiger partial charge in [-0.05, 0) is 32.8 Å². The van der Waals surface area contributed by atoms with Crippen molar-refractivity contribution >= 4 is 12.1 Å². The van der Waals surface area contributed by atoms with E-state index in [4.69, 9.17) is 9.47 Å². The van der Waals surface area contributed by atoms with Crippen LogP contribution in [0.5, 0.6) is 0 Å². The van der Waals surface area contributed by atoms with Crippen LogP contribution in [-0.4, -0.2) is 41.5 Å². The second-order valence-corrected chi connectivity index (χ2v) is 7.30. The third-order valence-electron chi connectivity index (χ3n) is 3.65. The van der Waals surface area contributed by atoms with Crippen molar-refractivity contribution < 1.29 is 24.2 Å². The zero-order valence-electron chi connectivity index (χ0n) is 16.2. The SMILES string of the molecule is CCCCC(CNC(=O)OC(C)(C)C)O[C@@H](Cc1ccccc1)C(=O)O. The van der Waals surface area contributed by atoms with Crippen molar-refractivity contribution in [3.63, 3.8) is 0 Å². The van der Waals surface area contributed by atoms with Gasteiger partial charge in [0, 0.05) is 13.0 Å². The first kappa shape index (κ1) is 22.0. The molecule has 1 amide bonds. The van der Waals surface area contributed by atoms with Gasteiger partial charge in [0.1, 0.15) is 5.60 Å². The number of aliphatic carboxylic acids is 1. The second-order valence-electron chi connectivity index (χ2n) is 7.30. The van der Waals surface area contributed by atoms with Gasteiger partial charge in [0.25, 0.3) is 0 Å². The maximum atomic E-state index is 11.8. The van der Waals surface area contributed by atoms with Crippen molar-refractivity contribution in [3.05, 3.63) is 35.9 Å². The lowest BCUT2D eigenvalue weighted by Gasteiger charge is -2.24. The van der Waals surface area contributed by atoms with Gasteiger partial charge in [-0.2, -0.15) is 0 Å². The van der Waals surface area contributed by atoms with Gasteiger partial charge in [-0.1, -0.05) is 50.1 Å². The molecule has 0 heterocycles. The van der Waals surface area contributed by atoms with Gasteiger partial charge in [0.05, 0.1) is 6.10 Å². The number of benzene rings is 1. The molecule has 6 nitrogen and oxygen atoms in total. The van der Waals surface area contributed by atoms with E-state index in [0.717, 1.165) is 18.4 Å². The summed E-state index contributed by atoms with van der Waals surface area (Å²) < 4.78 is 11.0. The molecule has 0 spiro atoms. The molecule has 0 aliphatic heterocycles. The first-order valence-electron chi connectivity index (χ1n) is 9.10. The molecule has 0 aliphatic rings. The topological polar surface area (TPSA) is 84.9 Å². The van der Waals surface area contributed by atoms with Gasteiger partial charge in [-0.25, -0.2) is 9.59 Å². The number of carbonyl (C=O) groups excluding carboxylic acids is 1. The minimum atomic E-state index is -1.01. The predicted molar refractivity (Wildman–Crippen MR) is 100 cm³/mol. The average Bonchev–Trinajstić information content (AvgIpc) is 2.55. The van der Waals surface area contributed by atoms with Crippen molar-refractivity contribution in [2.24, 2.45) is 0 Å². The lowest BCUT2D eigenvalue weighted by Crippen LogP contribution is -2.40. The van der Waals surface area contributed by atoms with E-state index in [9.17, 15) is 14.7 Å². The summed E-state index contributed by atoms with van der Waals surface area (Å²) in [7, 11) is 0. The summed E-state index contributed by atoms with van der Waals surface area (Å²) in [4.78, 5) is 23.4. The number of unbranched alkanes of at least 4 members (excludes halogenated alkanes) is 1. The third-order valence-corrected chi connectivity index (χ3v) is 3.65. The molecule has 0 fully saturated rings. The molecule has 0 saturated heterocycles. The van der Waals surface area contributed by atoms with E-state index in [2.05, 4.69) is 12.2 Å². The van der Waals surface area contributed by atoms with Crippen LogP contribution in [0.15, 0.2) is 30.3 Å². The maximum Gasteiger partial charge on any atom is 0.407 e. The number of ether oxygens (including phenoxy) is 2. The highest BCUT2D eigenvalue weighted by atomic mass is 16.6. The number of carboxylic acid groups (broad SMARTS) is 1. The van der Waals surface area contributed by atoms with Crippen molar-refractivity contribution in [2.45, 2.75) is 71.2 Å². The number of carboxylic acids is 1. The number of alkyl carbamates (subject to hydrolysis) is 1. The molecular weight excluding hydrogens is 334 g/mol. The van der Waals surface area contributed by atoms with Crippen molar-refractivity contribution in [3.8, 4) is 0 Å². The smallest absolute Gasteiger partial charge is 0.407 e. The quantitative estimate of drug-likeness (QED) is 0.659. The molecule has 2 atom stereocenters. The standard InChI is InChI=1S/C20H31NO5/c1-5-6-12-16(14-21-19(24)26-20(2,3)4)25-17(18(22)23)13-15-10-8-7-9-11-15/h7-11,16-17H,5-6,12-14H2,1-4H3,(H,21,24)(H,22,23)/t16?,17-/m0/s1. The summed E-state index contributed by atoms with van der Waals surface area (Å²) in [6.45, 7) is 7.64. The summed E-state index contributed by atoms with van der Waals surface area (Å²) in [6.07, 6.45) is 0.932. The van der Waals surface area contributed by atoms with E-state index in [0.29, 0.717) is 6.42 Å². The Kier molecular flexibility index (Phi) is 9.13. The van der Waals surface area contributed by atoms with E-state index in [1.165, 1.54) is 0 Å². The molecule has 2 N–H and O–H groups in total. The van der Waals surface area contributed by atoms with Crippen LogP contribution in [-0.2, 0) is 20.7 Å². The number of hydrogen-bond acceptors (Lipinski definition) is 4. The fourth-order valence-electron chi connectivity index (χ4n) is 2.42. The second kappa shape index (κ2) is 10.8. The molecule has 0 radical (unpaired) electrons. The number of carbonyl (C=O) groups is 2. The van der Waals surface area contributed by atoms with Crippen molar-refractivity contribution in [1.29, 1.82) is 0 Å². The van der Waals surface area contributed by atoms with Crippen molar-refractivity contribution in [2.75, 3.05) is 6.54 Å². The Morgan fingerprint density at radius 3 is 2.38 bits per heavy atom. The lowest BCUT2D eigenvalue weighted by atomic mass is 10.1. The third kappa shape index (κ3) is 9.42. The highest BCUT2D eigenvalue weighted by molar-refractivity contribution is 5.72. The van der Waals surface area contributed by atoms with Crippen LogP contribution in [0.1, 0.15) is 52.5 Å². The van der Waals surface area contributed by atoms with Gasteiger partial charge in [0.15, 0.2) is 6.10 Å². The number of nitrogens with one attached hydrogen (secondary N) is 1. The summed E-state index contributed by atoms with van der Waals surface area (Å²) in [5, 5.41) is 12.2. The maximum absolute atomic E-state index is 11.8. The number of amides is 1. The Balaban J connectivity index is 2.67. The highest BCUT2D eigenvalue weighted by Gasteiger charge is 2.24. The summed E-state index contributed by atoms with van der Waals surface area (Å²) >= 11 is 0. The minimum absolute atomic E-state index is 0.216. The monoisotopic (exact) mass is 365 g/mol. The molecule has 0 saturated carbocycles. The van der Waals surface area contributed by atoms with E-state index < -0.39 is 23.8 Å². The fourth-order valence-corrected chi connectivity index (χ4v) is 2.42. The van der Waals surface area contributed by atoms with Crippen LogP contribution in [0.2, 0.25) is 0 Å². The zero-order valence-corrected chi connectivity index (χ0v) is 16.2. The van der Waals surface area contributed by atoms with Crippen LogP contribution in [0.25, 0.3) is 0 Å². The molecule has 0 aliphatic carbocycles. The molecule has 6 heteroatoms. The lowest BCUT2D eigenvalue weighted by molar-refractivity contribution is -0.154. The van der Waals surface area contributed by atoms with Gasteiger partial charge in [-0.15, -0.1) is 0 Å². The highest BCUT2D eigenvalue weighted by Crippen LogP contribution is 2.13. The van der Waals surface area contributed by atoms with Crippen LogP contribution in [0.4, 0.5) is 4.79 Å². The Labute approximate surface area is 155 Å². The van der Waals surface area contributed by atoms with Gasteiger partial charge >= 0.3 is 12.1 Å². The first-order valence-corrected chi connectivity index (χ1v) is 9.10. The Hall–Kier alpha value is -2.08. The molecule has 0 aromatic heterocycles. The van der Waals surface area contributed by atoms with Crippen LogP contribution in [0.3, 0.4) is 0 Å². The Bertz CT molecular complexity index is 553.